The molecule has 22 heavy (non-hydrogen) atoms. The maximum absolute atomic E-state index is 12.6. The lowest BCUT2D eigenvalue weighted by molar-refractivity contribution is -0.114. The fourth-order valence-electron chi connectivity index (χ4n) is 2.19. The Balaban J connectivity index is 1.97. The van der Waals surface area contributed by atoms with E-state index in [1.54, 1.807) is 43.3 Å². The normalized spacial score (nSPS) is 16.3. The van der Waals surface area contributed by atoms with Crippen molar-refractivity contribution in [3.05, 3.63) is 69.7 Å². The second-order valence-electron chi connectivity index (χ2n) is 4.86. The molecule has 3 nitrogen and oxygen atoms in total. The van der Waals surface area contributed by atoms with Crippen LogP contribution in [0.15, 0.2) is 59.2 Å². The van der Waals surface area contributed by atoms with Crippen LogP contribution >= 0.6 is 23.2 Å². The van der Waals surface area contributed by atoms with Gasteiger partial charge in [-0.15, -0.1) is 0 Å². The minimum atomic E-state index is -0.181. The van der Waals surface area contributed by atoms with E-state index in [0.29, 0.717) is 27.0 Å². The van der Waals surface area contributed by atoms with Crippen LogP contribution in [0.4, 0.5) is 5.69 Å². The Bertz CT molecular complexity index is 795. The number of benzene rings is 2. The Morgan fingerprint density at radius 2 is 1.73 bits per heavy atom. The summed E-state index contributed by atoms with van der Waals surface area (Å²) >= 11 is 12.0. The van der Waals surface area contributed by atoms with Crippen LogP contribution in [0.5, 0.6) is 0 Å². The molecule has 110 valence electrons. The highest BCUT2D eigenvalue weighted by Gasteiger charge is 2.28. The number of amides is 1. The fourth-order valence-corrected chi connectivity index (χ4v) is 2.51. The van der Waals surface area contributed by atoms with E-state index in [1.807, 2.05) is 18.2 Å². The average molecular weight is 331 g/mol. The molecular weight excluding hydrogens is 319 g/mol. The summed E-state index contributed by atoms with van der Waals surface area (Å²) in [7, 11) is 0. The number of hydrazone groups is 1. The van der Waals surface area contributed by atoms with Crippen LogP contribution in [0, 0.1) is 0 Å². The van der Waals surface area contributed by atoms with Crippen molar-refractivity contribution in [1.82, 2.24) is 0 Å². The van der Waals surface area contributed by atoms with Gasteiger partial charge in [0.2, 0.25) is 0 Å². The summed E-state index contributed by atoms with van der Waals surface area (Å²) in [5.41, 5.74) is 2.65. The average Bonchev–Trinajstić information content (AvgIpc) is 2.78. The summed E-state index contributed by atoms with van der Waals surface area (Å²) in [5.74, 6) is -0.181. The zero-order valence-corrected chi connectivity index (χ0v) is 13.3. The predicted molar refractivity (Wildman–Crippen MR) is 91.5 cm³/mol. The molecule has 0 atom stereocenters. The molecule has 2 aromatic rings. The second kappa shape index (κ2) is 5.95. The minimum absolute atomic E-state index is 0.181. The monoisotopic (exact) mass is 330 g/mol. The van der Waals surface area contributed by atoms with Crippen LogP contribution in [-0.2, 0) is 4.79 Å². The molecule has 0 spiro atoms. The van der Waals surface area contributed by atoms with Crippen molar-refractivity contribution in [2.24, 2.45) is 5.10 Å². The van der Waals surface area contributed by atoms with Crippen molar-refractivity contribution >= 4 is 46.6 Å². The number of carbonyl (C=O) groups is 1. The van der Waals surface area contributed by atoms with Crippen LogP contribution in [0.1, 0.15) is 12.5 Å². The van der Waals surface area contributed by atoms with Crippen LogP contribution in [-0.4, -0.2) is 11.6 Å². The third kappa shape index (κ3) is 2.78. The second-order valence-corrected chi connectivity index (χ2v) is 5.70. The Hall–Kier alpha value is -2.10. The van der Waals surface area contributed by atoms with Gasteiger partial charge in [-0.2, -0.15) is 10.1 Å². The molecule has 5 heteroatoms. The zero-order valence-electron chi connectivity index (χ0n) is 11.8. The quantitative estimate of drug-likeness (QED) is 0.728. The number of halogens is 2. The summed E-state index contributed by atoms with van der Waals surface area (Å²) in [6, 6.07) is 14.3. The summed E-state index contributed by atoms with van der Waals surface area (Å²) in [6.45, 7) is 1.80. The zero-order chi connectivity index (χ0) is 15.7. The van der Waals surface area contributed by atoms with Gasteiger partial charge in [-0.05, 0) is 48.9 Å². The molecule has 0 radical (unpaired) electrons. The topological polar surface area (TPSA) is 32.7 Å². The lowest BCUT2D eigenvalue weighted by atomic mass is 10.1. The van der Waals surface area contributed by atoms with E-state index in [4.69, 9.17) is 23.2 Å². The maximum Gasteiger partial charge on any atom is 0.280 e. The van der Waals surface area contributed by atoms with Crippen molar-refractivity contribution < 1.29 is 4.79 Å². The van der Waals surface area contributed by atoms with Gasteiger partial charge in [-0.3, -0.25) is 4.79 Å². The highest BCUT2D eigenvalue weighted by Crippen LogP contribution is 2.27. The lowest BCUT2D eigenvalue weighted by Gasteiger charge is -2.11. The SMILES string of the molecule is CC1=NN(c2ccc(Cl)cc2)C(=O)C1=Cc1ccccc1Cl. The van der Waals surface area contributed by atoms with Gasteiger partial charge in [-0.1, -0.05) is 41.4 Å². The molecule has 2 aromatic carbocycles. The van der Waals surface area contributed by atoms with Crippen molar-refractivity contribution in [2.75, 3.05) is 5.01 Å². The molecule has 3 rings (SSSR count). The van der Waals surface area contributed by atoms with Gasteiger partial charge >= 0.3 is 0 Å². The molecule has 0 fully saturated rings. The van der Waals surface area contributed by atoms with E-state index in [0.717, 1.165) is 5.56 Å². The van der Waals surface area contributed by atoms with Crippen molar-refractivity contribution in [1.29, 1.82) is 0 Å². The van der Waals surface area contributed by atoms with E-state index in [-0.39, 0.29) is 5.91 Å². The smallest absolute Gasteiger partial charge is 0.267 e. The summed E-state index contributed by atoms with van der Waals surface area (Å²) in [6.07, 6.45) is 1.76. The molecule has 0 saturated heterocycles. The van der Waals surface area contributed by atoms with E-state index < -0.39 is 0 Å². The number of rotatable bonds is 2. The van der Waals surface area contributed by atoms with E-state index in [2.05, 4.69) is 5.10 Å². The third-order valence-corrected chi connectivity index (χ3v) is 3.94. The lowest BCUT2D eigenvalue weighted by Crippen LogP contribution is -2.21. The molecule has 0 saturated carbocycles. The van der Waals surface area contributed by atoms with Crippen LogP contribution in [0.3, 0.4) is 0 Å². The standard InChI is InChI=1S/C17H12Cl2N2O/c1-11-15(10-12-4-2-3-5-16(12)19)17(22)21(20-11)14-8-6-13(18)7-9-14/h2-10H,1H3. The van der Waals surface area contributed by atoms with Gasteiger partial charge < -0.3 is 0 Å². The van der Waals surface area contributed by atoms with Gasteiger partial charge in [0.15, 0.2) is 0 Å². The van der Waals surface area contributed by atoms with Gasteiger partial charge in [0.1, 0.15) is 0 Å². The largest absolute Gasteiger partial charge is 0.280 e. The number of carbonyl (C=O) groups excluding carboxylic acids is 1. The van der Waals surface area contributed by atoms with Gasteiger partial charge in [0, 0.05) is 10.0 Å². The molecule has 1 amide bonds. The number of hydrogen-bond donors (Lipinski definition) is 0. The van der Waals surface area contributed by atoms with Crippen LogP contribution in [0.25, 0.3) is 6.08 Å². The first kappa shape index (κ1) is 14.8. The van der Waals surface area contributed by atoms with E-state index >= 15 is 0 Å². The third-order valence-electron chi connectivity index (χ3n) is 3.34. The molecule has 0 unspecified atom stereocenters. The van der Waals surface area contributed by atoms with E-state index in [9.17, 15) is 4.79 Å². The predicted octanol–water partition coefficient (Wildman–Crippen LogP) is 4.80. The Labute approximate surface area is 138 Å². The summed E-state index contributed by atoms with van der Waals surface area (Å²) < 4.78 is 0. The van der Waals surface area contributed by atoms with Crippen molar-refractivity contribution in [2.45, 2.75) is 6.92 Å². The van der Waals surface area contributed by atoms with Gasteiger partial charge in [-0.25, -0.2) is 0 Å². The Kier molecular flexibility index (Phi) is 4.01. The molecule has 1 aliphatic rings. The first-order valence-electron chi connectivity index (χ1n) is 6.68. The molecule has 0 bridgehead atoms. The van der Waals surface area contributed by atoms with Crippen LogP contribution in [0.2, 0.25) is 10.0 Å². The first-order chi connectivity index (χ1) is 10.6. The van der Waals surface area contributed by atoms with E-state index in [1.165, 1.54) is 5.01 Å². The van der Waals surface area contributed by atoms with Gasteiger partial charge in [0.05, 0.1) is 17.0 Å². The molecule has 0 aromatic heterocycles. The van der Waals surface area contributed by atoms with Crippen LogP contribution < -0.4 is 5.01 Å². The molecule has 1 aliphatic heterocycles. The Morgan fingerprint density at radius 3 is 2.41 bits per heavy atom. The number of hydrogen-bond acceptors (Lipinski definition) is 2. The molecule has 1 heterocycles. The molecular formula is C17H12Cl2N2O. The number of nitrogens with zero attached hydrogens (tertiary/aromatic N) is 2. The summed E-state index contributed by atoms with van der Waals surface area (Å²) in [4.78, 5) is 12.6. The first-order valence-corrected chi connectivity index (χ1v) is 7.43. The highest BCUT2D eigenvalue weighted by atomic mass is 35.5. The van der Waals surface area contributed by atoms with Crippen molar-refractivity contribution in [3.63, 3.8) is 0 Å². The van der Waals surface area contributed by atoms with Gasteiger partial charge in [0.25, 0.3) is 5.91 Å². The minimum Gasteiger partial charge on any atom is -0.267 e. The Morgan fingerprint density at radius 1 is 1.05 bits per heavy atom. The maximum atomic E-state index is 12.6. The number of anilines is 1. The highest BCUT2D eigenvalue weighted by molar-refractivity contribution is 6.35. The summed E-state index contributed by atoms with van der Waals surface area (Å²) in [5, 5.41) is 6.90. The molecule has 0 N–H and O–H groups in total. The molecule has 0 aliphatic carbocycles. The van der Waals surface area contributed by atoms with Crippen molar-refractivity contribution in [3.8, 4) is 0 Å². The fraction of sp³-hybridized carbons (Fsp3) is 0.0588.